The molecule has 1 aromatic carbocycles. The molecule has 8 nitrogen and oxygen atoms in total. The van der Waals surface area contributed by atoms with Crippen LogP contribution < -0.4 is 14.5 Å². The fourth-order valence-corrected chi connectivity index (χ4v) is 5.16. The fraction of sp³-hybridized carbons (Fsp3) is 0.524. The molecule has 1 aromatic heterocycles. The maximum atomic E-state index is 12.6. The average Bonchev–Trinajstić information content (AvgIpc) is 2.80. The van der Waals surface area contributed by atoms with Crippen molar-refractivity contribution in [2.45, 2.75) is 19.3 Å². The molecule has 30 heavy (non-hydrogen) atoms. The normalized spacial score (nSPS) is 18.4. The van der Waals surface area contributed by atoms with Gasteiger partial charge in [0.15, 0.2) is 11.6 Å². The summed E-state index contributed by atoms with van der Waals surface area (Å²) in [6.45, 7) is 4.34. The van der Waals surface area contributed by atoms with E-state index in [4.69, 9.17) is 4.74 Å². The minimum absolute atomic E-state index is 0.0216. The fourth-order valence-electron chi connectivity index (χ4n) is 3.88. The average molecular weight is 432 g/mol. The molecule has 0 amide bonds. The first kappa shape index (κ1) is 20.9. The van der Waals surface area contributed by atoms with Gasteiger partial charge in [-0.25, -0.2) is 8.42 Å². The largest absolute Gasteiger partial charge is 0.492 e. The third-order valence-corrected chi connectivity index (χ3v) is 7.46. The third-order valence-electron chi connectivity index (χ3n) is 5.63. The van der Waals surface area contributed by atoms with E-state index in [-0.39, 0.29) is 12.4 Å². The quantitative estimate of drug-likeness (QED) is 0.663. The van der Waals surface area contributed by atoms with Crippen LogP contribution in [0.1, 0.15) is 19.3 Å². The Hall–Kier alpha value is -2.39. The van der Waals surface area contributed by atoms with Crippen LogP contribution in [0.3, 0.4) is 0 Å². The predicted octanol–water partition coefficient (Wildman–Crippen LogP) is 2.00. The minimum atomic E-state index is -3.34. The van der Waals surface area contributed by atoms with Crippen LogP contribution in [0.25, 0.3) is 0 Å². The lowest BCUT2D eigenvalue weighted by Gasteiger charge is -2.34. The summed E-state index contributed by atoms with van der Waals surface area (Å²) in [6, 6.07) is 13.3. The SMILES string of the molecule is O=S(=O)(CCOc1ccccc1)N1CCN(c2ccc(N3CCCCC3)nn2)CC1. The van der Waals surface area contributed by atoms with E-state index in [1.54, 1.807) is 4.31 Å². The monoisotopic (exact) mass is 431 g/mol. The van der Waals surface area contributed by atoms with Crippen molar-refractivity contribution >= 4 is 21.7 Å². The highest BCUT2D eigenvalue weighted by Crippen LogP contribution is 2.20. The second-order valence-corrected chi connectivity index (χ2v) is 9.75. The molecule has 0 spiro atoms. The van der Waals surface area contributed by atoms with Crippen molar-refractivity contribution < 1.29 is 13.2 Å². The van der Waals surface area contributed by atoms with E-state index in [9.17, 15) is 8.42 Å². The van der Waals surface area contributed by atoms with E-state index in [0.717, 1.165) is 24.7 Å². The number of piperidine rings is 1. The van der Waals surface area contributed by atoms with Gasteiger partial charge < -0.3 is 14.5 Å². The molecule has 0 radical (unpaired) electrons. The van der Waals surface area contributed by atoms with Crippen molar-refractivity contribution in [2.24, 2.45) is 0 Å². The molecule has 4 rings (SSSR count). The van der Waals surface area contributed by atoms with Crippen molar-refractivity contribution in [3.63, 3.8) is 0 Å². The topological polar surface area (TPSA) is 78.9 Å². The van der Waals surface area contributed by atoms with Crippen molar-refractivity contribution in [3.05, 3.63) is 42.5 Å². The first-order valence-corrected chi connectivity index (χ1v) is 12.2. The highest BCUT2D eigenvalue weighted by molar-refractivity contribution is 7.89. The Labute approximate surface area is 178 Å². The van der Waals surface area contributed by atoms with Gasteiger partial charge in [0.25, 0.3) is 0 Å². The molecule has 2 fully saturated rings. The van der Waals surface area contributed by atoms with Crippen LogP contribution in [0.5, 0.6) is 5.75 Å². The number of nitrogens with zero attached hydrogens (tertiary/aromatic N) is 5. The first-order valence-electron chi connectivity index (χ1n) is 10.6. The summed E-state index contributed by atoms with van der Waals surface area (Å²) in [4.78, 5) is 4.38. The zero-order valence-electron chi connectivity index (χ0n) is 17.2. The molecule has 0 saturated carbocycles. The smallest absolute Gasteiger partial charge is 0.217 e. The Balaban J connectivity index is 1.26. The predicted molar refractivity (Wildman–Crippen MR) is 118 cm³/mol. The summed E-state index contributed by atoms with van der Waals surface area (Å²) < 4.78 is 32.4. The molecule has 2 aliphatic rings. The van der Waals surface area contributed by atoms with Crippen LogP contribution in [-0.4, -0.2) is 74.5 Å². The number of benzene rings is 1. The number of para-hydroxylation sites is 1. The highest BCUT2D eigenvalue weighted by Gasteiger charge is 2.27. The number of sulfonamides is 1. The third kappa shape index (κ3) is 5.20. The second-order valence-electron chi connectivity index (χ2n) is 7.66. The van der Waals surface area contributed by atoms with E-state index in [1.165, 1.54) is 19.3 Å². The Morgan fingerprint density at radius 1 is 0.767 bits per heavy atom. The number of rotatable bonds is 7. The molecule has 2 aliphatic heterocycles. The molecule has 0 unspecified atom stereocenters. The lowest BCUT2D eigenvalue weighted by molar-refractivity contribution is 0.331. The Bertz CT molecular complexity index is 894. The number of ether oxygens (including phenoxy) is 1. The molecule has 2 saturated heterocycles. The summed E-state index contributed by atoms with van der Waals surface area (Å²) in [6.07, 6.45) is 3.69. The standard InChI is InChI=1S/C21H29N5O3S/c27-30(28,18-17-29-19-7-3-1-4-8-19)26-15-13-25(14-16-26)21-10-9-20(22-23-21)24-11-5-2-6-12-24/h1,3-4,7-10H,2,5-6,11-18H2. The Morgan fingerprint density at radius 2 is 1.37 bits per heavy atom. The summed E-state index contributed by atoms with van der Waals surface area (Å²) >= 11 is 0. The van der Waals surface area contributed by atoms with Gasteiger partial charge in [0.1, 0.15) is 12.4 Å². The molecule has 0 atom stereocenters. The van der Waals surface area contributed by atoms with Crippen LogP contribution in [0.2, 0.25) is 0 Å². The molecule has 162 valence electrons. The number of anilines is 2. The van der Waals surface area contributed by atoms with Crippen LogP contribution in [-0.2, 0) is 10.0 Å². The second kappa shape index (κ2) is 9.61. The van der Waals surface area contributed by atoms with Gasteiger partial charge >= 0.3 is 0 Å². The molecular weight excluding hydrogens is 402 g/mol. The number of piperazine rings is 1. The van der Waals surface area contributed by atoms with Gasteiger partial charge in [-0.2, -0.15) is 4.31 Å². The van der Waals surface area contributed by atoms with E-state index in [0.29, 0.717) is 31.9 Å². The highest BCUT2D eigenvalue weighted by atomic mass is 32.2. The van der Waals surface area contributed by atoms with E-state index < -0.39 is 10.0 Å². The molecule has 0 bridgehead atoms. The number of hydrogen-bond acceptors (Lipinski definition) is 7. The molecule has 0 aliphatic carbocycles. The van der Waals surface area contributed by atoms with Crippen LogP contribution in [0, 0.1) is 0 Å². The summed E-state index contributed by atoms with van der Waals surface area (Å²) in [5, 5.41) is 8.79. The first-order chi connectivity index (χ1) is 14.6. The summed E-state index contributed by atoms with van der Waals surface area (Å²) in [5.41, 5.74) is 0. The van der Waals surface area contributed by atoms with Gasteiger partial charge in [-0.1, -0.05) is 18.2 Å². The molecule has 2 aromatic rings. The van der Waals surface area contributed by atoms with Crippen LogP contribution in [0.15, 0.2) is 42.5 Å². The van der Waals surface area contributed by atoms with Gasteiger partial charge in [0, 0.05) is 39.3 Å². The van der Waals surface area contributed by atoms with Crippen molar-refractivity contribution in [2.75, 3.05) is 61.4 Å². The zero-order chi connectivity index (χ0) is 20.8. The van der Waals surface area contributed by atoms with Gasteiger partial charge in [-0.15, -0.1) is 10.2 Å². The number of hydrogen-bond donors (Lipinski definition) is 0. The Kier molecular flexibility index (Phi) is 6.69. The molecular formula is C21H29N5O3S. The molecule has 9 heteroatoms. The minimum Gasteiger partial charge on any atom is -0.492 e. The molecule has 0 N–H and O–H groups in total. The van der Waals surface area contributed by atoms with E-state index in [2.05, 4.69) is 20.0 Å². The summed E-state index contributed by atoms with van der Waals surface area (Å²) in [7, 11) is -3.34. The summed E-state index contributed by atoms with van der Waals surface area (Å²) in [5.74, 6) is 2.40. The van der Waals surface area contributed by atoms with E-state index in [1.807, 2.05) is 42.5 Å². The maximum absolute atomic E-state index is 12.6. The van der Waals surface area contributed by atoms with Crippen molar-refractivity contribution in [1.82, 2.24) is 14.5 Å². The van der Waals surface area contributed by atoms with Crippen LogP contribution in [0.4, 0.5) is 11.6 Å². The lowest BCUT2D eigenvalue weighted by atomic mass is 10.1. The van der Waals surface area contributed by atoms with Crippen LogP contribution >= 0.6 is 0 Å². The molecule has 3 heterocycles. The van der Waals surface area contributed by atoms with Gasteiger partial charge in [-0.05, 0) is 43.5 Å². The van der Waals surface area contributed by atoms with Crippen molar-refractivity contribution in [1.29, 1.82) is 0 Å². The number of aromatic nitrogens is 2. The van der Waals surface area contributed by atoms with Gasteiger partial charge in [0.05, 0.1) is 5.75 Å². The maximum Gasteiger partial charge on any atom is 0.217 e. The van der Waals surface area contributed by atoms with Gasteiger partial charge in [-0.3, -0.25) is 0 Å². The lowest BCUT2D eigenvalue weighted by Crippen LogP contribution is -2.50. The van der Waals surface area contributed by atoms with Crippen molar-refractivity contribution in [3.8, 4) is 5.75 Å². The van der Waals surface area contributed by atoms with Gasteiger partial charge in [0.2, 0.25) is 10.0 Å². The van der Waals surface area contributed by atoms with E-state index >= 15 is 0 Å². The Morgan fingerprint density at radius 3 is 1.97 bits per heavy atom. The zero-order valence-corrected chi connectivity index (χ0v) is 18.0.